The number of nitrogens with zero attached hydrogens (tertiary/aromatic N) is 3. The minimum atomic E-state index is -0.320. The van der Waals surface area contributed by atoms with Gasteiger partial charge in [-0.1, -0.05) is 39.8 Å². The molecule has 202 valence electrons. The predicted octanol–water partition coefficient (Wildman–Crippen LogP) is 5.32. The third kappa shape index (κ3) is 7.18. The van der Waals surface area contributed by atoms with Crippen LogP contribution in [0.5, 0.6) is 11.5 Å². The number of methoxy groups -OCH3 is 2. The summed E-state index contributed by atoms with van der Waals surface area (Å²) in [6.45, 7) is 4.04. The number of benzene rings is 3. The van der Waals surface area contributed by atoms with E-state index in [0.717, 1.165) is 27.0 Å². The van der Waals surface area contributed by atoms with Crippen molar-refractivity contribution in [2.75, 3.05) is 25.3 Å². The predicted molar refractivity (Wildman–Crippen MR) is 155 cm³/mol. The molecule has 0 unspecified atom stereocenters. The normalized spacial score (nSPS) is 10.7. The Morgan fingerprint density at radius 3 is 2.31 bits per heavy atom. The van der Waals surface area contributed by atoms with E-state index in [0.29, 0.717) is 28.0 Å². The molecule has 2 N–H and O–H groups in total. The number of aryl methyl sites for hydroxylation is 2. The van der Waals surface area contributed by atoms with Gasteiger partial charge in [-0.3, -0.25) is 14.2 Å². The molecule has 4 rings (SSSR count). The molecule has 39 heavy (non-hydrogen) atoms. The first-order valence-corrected chi connectivity index (χ1v) is 13.8. The van der Waals surface area contributed by atoms with E-state index >= 15 is 0 Å². The highest BCUT2D eigenvalue weighted by Crippen LogP contribution is 2.25. The number of amides is 2. The maximum Gasteiger partial charge on any atom is 0.251 e. The standard InChI is InChI=1S/C28H28BrN5O4S/c1-17-5-6-18(2)24(11-17)31-26(35)16-39-28-33-32-25(34(28)21-9-7-20(29)8-10-21)15-30-27(36)19-12-22(37-3)14-23(13-19)38-4/h5-14H,15-16H2,1-4H3,(H,30,36)(H,31,35). The van der Waals surface area contributed by atoms with E-state index in [9.17, 15) is 9.59 Å². The third-order valence-corrected chi connectivity index (χ3v) is 7.26. The van der Waals surface area contributed by atoms with E-state index in [1.54, 1.807) is 18.2 Å². The van der Waals surface area contributed by atoms with Crippen LogP contribution in [0.15, 0.2) is 70.3 Å². The molecule has 0 bridgehead atoms. The Bertz CT molecular complexity index is 1470. The fourth-order valence-corrected chi connectivity index (χ4v) is 4.78. The Morgan fingerprint density at radius 1 is 0.949 bits per heavy atom. The molecule has 0 aliphatic carbocycles. The Morgan fingerprint density at radius 2 is 1.64 bits per heavy atom. The van der Waals surface area contributed by atoms with Gasteiger partial charge in [-0.05, 0) is 67.4 Å². The number of nitrogens with one attached hydrogen (secondary N) is 2. The molecule has 1 aromatic heterocycles. The molecule has 0 fully saturated rings. The average molecular weight is 611 g/mol. The summed E-state index contributed by atoms with van der Waals surface area (Å²) in [5, 5.41) is 15.0. The summed E-state index contributed by atoms with van der Waals surface area (Å²) in [4.78, 5) is 25.7. The fraction of sp³-hybridized carbons (Fsp3) is 0.214. The summed E-state index contributed by atoms with van der Waals surface area (Å²) in [7, 11) is 3.05. The van der Waals surface area contributed by atoms with Crippen molar-refractivity contribution in [3.63, 3.8) is 0 Å². The Labute approximate surface area is 239 Å². The topological polar surface area (TPSA) is 107 Å². The Kier molecular flexibility index (Phi) is 9.26. The molecule has 0 saturated heterocycles. The Balaban J connectivity index is 1.52. The van der Waals surface area contributed by atoms with Gasteiger partial charge in [0.2, 0.25) is 5.91 Å². The van der Waals surface area contributed by atoms with Crippen LogP contribution in [0.1, 0.15) is 27.3 Å². The summed E-state index contributed by atoms with van der Waals surface area (Å²) < 4.78 is 13.3. The quantitative estimate of drug-likeness (QED) is 0.234. The maximum absolute atomic E-state index is 12.9. The van der Waals surface area contributed by atoms with Gasteiger partial charge in [0.05, 0.1) is 26.5 Å². The highest BCUT2D eigenvalue weighted by Gasteiger charge is 2.18. The molecule has 0 radical (unpaired) electrons. The summed E-state index contributed by atoms with van der Waals surface area (Å²) in [5.74, 6) is 1.20. The number of rotatable bonds is 10. The van der Waals surface area contributed by atoms with Crippen LogP contribution in [0.4, 0.5) is 5.69 Å². The van der Waals surface area contributed by atoms with Crippen LogP contribution in [0.3, 0.4) is 0 Å². The second-order valence-electron chi connectivity index (χ2n) is 8.65. The van der Waals surface area contributed by atoms with E-state index in [4.69, 9.17) is 9.47 Å². The van der Waals surface area contributed by atoms with E-state index in [1.807, 2.05) is 60.9 Å². The molecular formula is C28H28BrN5O4S. The Hall–Kier alpha value is -3.83. The number of hydrogen-bond acceptors (Lipinski definition) is 7. The van der Waals surface area contributed by atoms with Crippen molar-refractivity contribution in [3.8, 4) is 17.2 Å². The van der Waals surface area contributed by atoms with Crippen LogP contribution >= 0.6 is 27.7 Å². The maximum atomic E-state index is 12.9. The monoisotopic (exact) mass is 609 g/mol. The second-order valence-corrected chi connectivity index (χ2v) is 10.5. The number of carbonyl (C=O) groups excluding carboxylic acids is 2. The second kappa shape index (κ2) is 12.8. The first-order chi connectivity index (χ1) is 18.8. The molecule has 2 amide bonds. The van der Waals surface area contributed by atoms with Crippen molar-refractivity contribution in [3.05, 3.63) is 87.7 Å². The molecule has 0 aliphatic rings. The smallest absolute Gasteiger partial charge is 0.251 e. The minimum absolute atomic E-state index is 0.108. The average Bonchev–Trinajstić information content (AvgIpc) is 3.35. The number of carbonyl (C=O) groups is 2. The molecule has 0 spiro atoms. The molecular weight excluding hydrogens is 582 g/mol. The van der Waals surface area contributed by atoms with Gasteiger partial charge in [0.1, 0.15) is 11.5 Å². The zero-order valence-electron chi connectivity index (χ0n) is 21.9. The van der Waals surface area contributed by atoms with Gasteiger partial charge in [0, 0.05) is 27.5 Å². The van der Waals surface area contributed by atoms with Gasteiger partial charge in [-0.25, -0.2) is 0 Å². The van der Waals surface area contributed by atoms with Crippen LogP contribution in [-0.2, 0) is 11.3 Å². The summed E-state index contributed by atoms with van der Waals surface area (Å²) in [6, 6.07) is 18.5. The molecule has 11 heteroatoms. The van der Waals surface area contributed by atoms with Crippen molar-refractivity contribution in [2.45, 2.75) is 25.5 Å². The molecule has 1 heterocycles. The molecule has 0 atom stereocenters. The van der Waals surface area contributed by atoms with Gasteiger partial charge < -0.3 is 20.1 Å². The van der Waals surface area contributed by atoms with Crippen molar-refractivity contribution >= 4 is 45.2 Å². The fourth-order valence-electron chi connectivity index (χ4n) is 3.74. The number of aromatic nitrogens is 3. The lowest BCUT2D eigenvalue weighted by Crippen LogP contribution is -2.24. The summed E-state index contributed by atoms with van der Waals surface area (Å²) in [6.07, 6.45) is 0. The van der Waals surface area contributed by atoms with Crippen LogP contribution in [0.25, 0.3) is 5.69 Å². The first-order valence-electron chi connectivity index (χ1n) is 12.0. The lowest BCUT2D eigenvalue weighted by molar-refractivity contribution is -0.113. The molecule has 3 aromatic carbocycles. The van der Waals surface area contributed by atoms with E-state index in [2.05, 4.69) is 36.8 Å². The van der Waals surface area contributed by atoms with Crippen molar-refractivity contribution in [2.24, 2.45) is 0 Å². The lowest BCUT2D eigenvalue weighted by atomic mass is 10.1. The highest BCUT2D eigenvalue weighted by atomic mass is 79.9. The summed E-state index contributed by atoms with van der Waals surface area (Å²) >= 11 is 4.73. The van der Waals surface area contributed by atoms with Crippen LogP contribution in [-0.4, -0.2) is 46.6 Å². The molecule has 9 nitrogen and oxygen atoms in total. The molecule has 4 aromatic rings. The number of anilines is 1. The number of halogens is 1. The van der Waals surface area contributed by atoms with Gasteiger partial charge in [-0.2, -0.15) is 0 Å². The zero-order chi connectivity index (χ0) is 27.9. The number of thioether (sulfide) groups is 1. The van der Waals surface area contributed by atoms with Crippen LogP contribution in [0, 0.1) is 13.8 Å². The van der Waals surface area contributed by atoms with Crippen molar-refractivity contribution in [1.82, 2.24) is 20.1 Å². The lowest BCUT2D eigenvalue weighted by Gasteiger charge is -2.12. The van der Waals surface area contributed by atoms with Crippen LogP contribution in [0.2, 0.25) is 0 Å². The van der Waals surface area contributed by atoms with Gasteiger partial charge >= 0.3 is 0 Å². The zero-order valence-corrected chi connectivity index (χ0v) is 24.4. The largest absolute Gasteiger partial charge is 0.497 e. The highest BCUT2D eigenvalue weighted by molar-refractivity contribution is 9.10. The third-order valence-electron chi connectivity index (χ3n) is 5.81. The number of hydrogen-bond donors (Lipinski definition) is 2. The molecule has 0 saturated carbocycles. The van der Waals surface area contributed by atoms with Gasteiger partial charge in [-0.15, -0.1) is 10.2 Å². The summed E-state index contributed by atoms with van der Waals surface area (Å²) in [5.41, 5.74) is 4.03. The van der Waals surface area contributed by atoms with E-state index in [-0.39, 0.29) is 24.1 Å². The van der Waals surface area contributed by atoms with E-state index in [1.165, 1.54) is 26.0 Å². The van der Waals surface area contributed by atoms with Crippen LogP contribution < -0.4 is 20.1 Å². The minimum Gasteiger partial charge on any atom is -0.497 e. The SMILES string of the molecule is COc1cc(OC)cc(C(=O)NCc2nnc(SCC(=O)Nc3cc(C)ccc3C)n2-c2ccc(Br)cc2)c1. The first kappa shape index (κ1) is 28.2. The van der Waals surface area contributed by atoms with Crippen molar-refractivity contribution in [1.29, 1.82) is 0 Å². The van der Waals surface area contributed by atoms with Gasteiger partial charge in [0.25, 0.3) is 5.91 Å². The van der Waals surface area contributed by atoms with Crippen molar-refractivity contribution < 1.29 is 19.1 Å². The number of ether oxygens (including phenoxy) is 2. The van der Waals surface area contributed by atoms with Gasteiger partial charge in [0.15, 0.2) is 11.0 Å². The molecule has 0 aliphatic heterocycles. The van der Waals surface area contributed by atoms with E-state index < -0.39 is 0 Å².